The fraction of sp³-hybridized carbons (Fsp3) is 1.00. The number of ether oxygens (including phenoxy) is 2. The Morgan fingerprint density at radius 3 is 2.32 bits per heavy atom. The summed E-state index contributed by atoms with van der Waals surface area (Å²) in [5, 5.41) is 5.18. The van der Waals surface area contributed by atoms with Crippen molar-refractivity contribution >= 4 is 10.0 Å². The van der Waals surface area contributed by atoms with Gasteiger partial charge in [-0.2, -0.15) is 0 Å². The lowest BCUT2D eigenvalue weighted by molar-refractivity contribution is 0.0120. The number of hydrogen-bond acceptors (Lipinski definition) is 4. The maximum Gasteiger partial charge on any atom is 0.209 e. The van der Waals surface area contributed by atoms with Crippen LogP contribution in [-0.2, 0) is 19.5 Å². The molecule has 0 amide bonds. The summed E-state index contributed by atoms with van der Waals surface area (Å²) in [4.78, 5) is 0. The highest BCUT2D eigenvalue weighted by atomic mass is 32.2. The van der Waals surface area contributed by atoms with Crippen LogP contribution < -0.4 is 5.14 Å². The van der Waals surface area contributed by atoms with Crippen LogP contribution >= 0.6 is 0 Å². The zero-order valence-electron chi connectivity index (χ0n) is 11.9. The Kier molecular flexibility index (Phi) is 7.28. The van der Waals surface area contributed by atoms with Gasteiger partial charge >= 0.3 is 0 Å². The Hall–Kier alpha value is -0.170. The molecule has 0 bridgehead atoms. The fourth-order valence-electron chi connectivity index (χ4n) is 2.64. The van der Waals surface area contributed by atoms with Gasteiger partial charge in [0.15, 0.2) is 0 Å². The third-order valence-corrected chi connectivity index (χ3v) is 4.61. The van der Waals surface area contributed by atoms with Gasteiger partial charge in [0, 0.05) is 12.0 Å². The topological polar surface area (TPSA) is 78.6 Å². The molecule has 2 N–H and O–H groups in total. The van der Waals surface area contributed by atoms with E-state index in [0.717, 1.165) is 45.1 Å². The van der Waals surface area contributed by atoms with E-state index in [1.807, 2.05) is 0 Å². The minimum atomic E-state index is -3.43. The number of primary sulfonamides is 1. The second-order valence-corrected chi connectivity index (χ2v) is 7.15. The highest BCUT2D eigenvalue weighted by molar-refractivity contribution is 7.89. The van der Waals surface area contributed by atoms with Gasteiger partial charge in [-0.1, -0.05) is 26.2 Å². The van der Waals surface area contributed by atoms with E-state index in [1.165, 1.54) is 0 Å². The van der Waals surface area contributed by atoms with E-state index in [-0.39, 0.29) is 11.2 Å². The van der Waals surface area contributed by atoms with E-state index in [1.54, 1.807) is 0 Å². The molecule has 1 aliphatic rings. The summed E-state index contributed by atoms with van der Waals surface area (Å²) in [6.07, 6.45) is 6.09. The van der Waals surface area contributed by atoms with Crippen molar-refractivity contribution in [2.24, 2.45) is 10.6 Å². The maximum absolute atomic E-state index is 11.3. The summed E-state index contributed by atoms with van der Waals surface area (Å²) < 4.78 is 33.6. The number of rotatable bonds is 10. The van der Waals surface area contributed by atoms with Gasteiger partial charge in [0.1, 0.15) is 0 Å². The predicted octanol–water partition coefficient (Wildman–Crippen LogP) is 1.67. The smallest absolute Gasteiger partial charge is 0.209 e. The molecule has 1 rings (SSSR count). The van der Waals surface area contributed by atoms with Crippen molar-refractivity contribution < 1.29 is 17.9 Å². The largest absolute Gasteiger partial charge is 0.379 e. The zero-order valence-corrected chi connectivity index (χ0v) is 12.7. The first-order valence-electron chi connectivity index (χ1n) is 7.13. The van der Waals surface area contributed by atoms with Gasteiger partial charge in [0.25, 0.3) is 0 Å². The van der Waals surface area contributed by atoms with Crippen molar-refractivity contribution in [1.29, 1.82) is 0 Å². The molecule has 1 aliphatic carbocycles. The third-order valence-electron chi connectivity index (χ3n) is 3.59. The molecule has 0 unspecified atom stereocenters. The van der Waals surface area contributed by atoms with Crippen LogP contribution in [0.15, 0.2) is 0 Å². The second kappa shape index (κ2) is 8.19. The van der Waals surface area contributed by atoms with Crippen LogP contribution in [0.3, 0.4) is 0 Å². The monoisotopic (exact) mass is 293 g/mol. The van der Waals surface area contributed by atoms with E-state index in [2.05, 4.69) is 6.92 Å². The lowest BCUT2D eigenvalue weighted by Crippen LogP contribution is -2.35. The molecule has 19 heavy (non-hydrogen) atoms. The molecular formula is C13H27NO4S. The van der Waals surface area contributed by atoms with Crippen LogP contribution in [0.1, 0.15) is 45.4 Å². The maximum atomic E-state index is 11.3. The summed E-state index contributed by atoms with van der Waals surface area (Å²) >= 11 is 0. The molecule has 0 spiro atoms. The molecule has 1 fully saturated rings. The van der Waals surface area contributed by atoms with Crippen molar-refractivity contribution in [3.63, 3.8) is 0 Å². The van der Waals surface area contributed by atoms with Crippen LogP contribution in [0, 0.1) is 5.41 Å². The van der Waals surface area contributed by atoms with E-state index in [9.17, 15) is 8.42 Å². The number of unbranched alkanes of at least 4 members (excludes halogenated alkanes) is 1. The molecule has 114 valence electrons. The number of nitrogens with two attached hydrogens (primary N) is 1. The van der Waals surface area contributed by atoms with E-state index >= 15 is 0 Å². The van der Waals surface area contributed by atoms with Gasteiger partial charge < -0.3 is 9.47 Å². The molecular weight excluding hydrogens is 266 g/mol. The van der Waals surface area contributed by atoms with E-state index in [4.69, 9.17) is 14.6 Å². The van der Waals surface area contributed by atoms with Crippen molar-refractivity contribution in [3.8, 4) is 0 Å². The van der Waals surface area contributed by atoms with Crippen molar-refractivity contribution in [2.75, 3.05) is 32.2 Å². The van der Waals surface area contributed by atoms with Gasteiger partial charge in [0.2, 0.25) is 10.0 Å². The molecule has 1 saturated carbocycles. The fourth-order valence-corrected chi connectivity index (χ4v) is 3.86. The Balaban J connectivity index is 2.23. The molecule has 0 aliphatic heterocycles. The average Bonchev–Trinajstić information content (AvgIpc) is 2.74. The number of hydrogen-bond donors (Lipinski definition) is 1. The average molecular weight is 293 g/mol. The molecule has 0 radical (unpaired) electrons. The van der Waals surface area contributed by atoms with Crippen molar-refractivity contribution in [3.05, 3.63) is 0 Å². The molecule has 5 nitrogen and oxygen atoms in total. The highest BCUT2D eigenvalue weighted by Gasteiger charge is 2.37. The molecule has 0 aromatic carbocycles. The molecule has 0 atom stereocenters. The first-order valence-corrected chi connectivity index (χ1v) is 8.85. The summed E-state index contributed by atoms with van der Waals surface area (Å²) in [6.45, 7) is 4.46. The Bertz CT molecular complexity index is 337. The van der Waals surface area contributed by atoms with Crippen LogP contribution in [0.2, 0.25) is 0 Å². The van der Waals surface area contributed by atoms with Crippen LogP contribution in [0.5, 0.6) is 0 Å². The normalized spacial score (nSPS) is 18.8. The van der Waals surface area contributed by atoms with Crippen LogP contribution in [0.4, 0.5) is 0 Å². The Morgan fingerprint density at radius 1 is 1.11 bits per heavy atom. The van der Waals surface area contributed by atoms with E-state index in [0.29, 0.717) is 19.8 Å². The molecule has 0 heterocycles. The lowest BCUT2D eigenvalue weighted by Gasteiger charge is -2.27. The van der Waals surface area contributed by atoms with Crippen LogP contribution in [-0.4, -0.2) is 40.6 Å². The second-order valence-electron chi connectivity index (χ2n) is 5.53. The first kappa shape index (κ1) is 16.9. The quantitative estimate of drug-likeness (QED) is 0.621. The summed E-state index contributed by atoms with van der Waals surface area (Å²) in [5.41, 5.74) is -0.267. The molecule has 0 saturated heterocycles. The molecule has 0 aromatic heterocycles. The molecule has 0 aromatic rings. The number of sulfonamides is 1. The minimum Gasteiger partial charge on any atom is -0.379 e. The minimum absolute atomic E-state index is 0.0384. The Labute approximate surface area is 116 Å². The van der Waals surface area contributed by atoms with Gasteiger partial charge in [-0.15, -0.1) is 0 Å². The van der Waals surface area contributed by atoms with Crippen molar-refractivity contribution in [1.82, 2.24) is 0 Å². The highest BCUT2D eigenvalue weighted by Crippen LogP contribution is 2.39. The SMILES string of the molecule is CCCCOCCOCC1(CS(N)(=O)=O)CCCC1. The van der Waals surface area contributed by atoms with Gasteiger partial charge in [-0.25, -0.2) is 13.6 Å². The van der Waals surface area contributed by atoms with Crippen LogP contribution in [0.25, 0.3) is 0 Å². The Morgan fingerprint density at radius 2 is 1.74 bits per heavy atom. The van der Waals surface area contributed by atoms with Gasteiger partial charge in [0.05, 0.1) is 25.6 Å². The van der Waals surface area contributed by atoms with Gasteiger partial charge in [-0.05, 0) is 19.3 Å². The van der Waals surface area contributed by atoms with Gasteiger partial charge in [-0.3, -0.25) is 0 Å². The summed E-state index contributed by atoms with van der Waals surface area (Å²) in [7, 11) is -3.43. The lowest BCUT2D eigenvalue weighted by atomic mass is 9.90. The third kappa shape index (κ3) is 7.25. The molecule has 6 heteroatoms. The zero-order chi connectivity index (χ0) is 14.2. The standard InChI is InChI=1S/C13H27NO4S/c1-2-3-8-17-9-10-18-11-13(6-4-5-7-13)12-19(14,15)16/h2-12H2,1H3,(H2,14,15,16). The predicted molar refractivity (Wildman–Crippen MR) is 75.4 cm³/mol. The first-order chi connectivity index (χ1) is 8.97. The summed E-state index contributed by atoms with van der Waals surface area (Å²) in [6, 6.07) is 0. The van der Waals surface area contributed by atoms with E-state index < -0.39 is 10.0 Å². The summed E-state index contributed by atoms with van der Waals surface area (Å²) in [5.74, 6) is 0.0384. The van der Waals surface area contributed by atoms with Crippen molar-refractivity contribution in [2.45, 2.75) is 45.4 Å².